The van der Waals surface area contributed by atoms with Gasteiger partial charge in [-0.25, -0.2) is 9.18 Å². The smallest absolute Gasteiger partial charge is 0.308 e. The summed E-state index contributed by atoms with van der Waals surface area (Å²) in [6.07, 6.45) is 0. The number of nitrogens with zero attached hydrogens (tertiary/aromatic N) is 1. The van der Waals surface area contributed by atoms with Crippen LogP contribution in [-0.4, -0.2) is 6.03 Å². The maximum atomic E-state index is 13.0. The Morgan fingerprint density at radius 2 is 1.70 bits per heavy atom. The zero-order chi connectivity index (χ0) is 14.5. The number of amides is 2. The Morgan fingerprint density at radius 3 is 2.30 bits per heavy atom. The molecule has 0 aliphatic heterocycles. The summed E-state index contributed by atoms with van der Waals surface area (Å²) < 4.78 is 13.0. The molecular formula is C14H9ClFN3O. The summed E-state index contributed by atoms with van der Waals surface area (Å²) in [5.41, 5.74) is 1.42. The van der Waals surface area contributed by atoms with Gasteiger partial charge in [-0.2, -0.15) is 5.26 Å². The molecule has 100 valence electrons. The zero-order valence-corrected chi connectivity index (χ0v) is 10.9. The third kappa shape index (κ3) is 3.46. The fourth-order valence-corrected chi connectivity index (χ4v) is 1.68. The Bertz CT molecular complexity index is 680. The number of nitriles is 1. The monoisotopic (exact) mass is 289 g/mol. The number of hydrogen-bond donors (Lipinski definition) is 2. The molecule has 0 bridgehead atoms. The van der Waals surface area contributed by atoms with Crippen molar-refractivity contribution in [2.75, 3.05) is 10.6 Å². The van der Waals surface area contributed by atoms with Crippen LogP contribution in [0.2, 0.25) is 5.02 Å². The quantitative estimate of drug-likeness (QED) is 0.878. The van der Waals surface area contributed by atoms with E-state index in [2.05, 4.69) is 10.6 Å². The summed E-state index contributed by atoms with van der Waals surface area (Å²) in [7, 11) is 0. The molecule has 0 heterocycles. The molecule has 2 aromatic rings. The van der Waals surface area contributed by atoms with Gasteiger partial charge in [-0.15, -0.1) is 0 Å². The summed E-state index contributed by atoms with van der Waals surface area (Å²) >= 11 is 5.61. The van der Waals surface area contributed by atoms with Crippen LogP contribution in [0, 0.1) is 17.1 Å². The number of urea groups is 1. The van der Waals surface area contributed by atoms with Gasteiger partial charge in [0.1, 0.15) is 5.82 Å². The lowest BCUT2D eigenvalue weighted by Crippen LogP contribution is -2.19. The van der Waals surface area contributed by atoms with Crippen molar-refractivity contribution in [1.29, 1.82) is 5.26 Å². The van der Waals surface area contributed by atoms with Gasteiger partial charge in [0.25, 0.3) is 0 Å². The molecule has 0 radical (unpaired) electrons. The minimum atomic E-state index is -0.551. The van der Waals surface area contributed by atoms with Gasteiger partial charge in [0.05, 0.1) is 16.7 Å². The van der Waals surface area contributed by atoms with Crippen molar-refractivity contribution in [2.24, 2.45) is 0 Å². The highest BCUT2D eigenvalue weighted by Gasteiger charge is 2.05. The summed E-state index contributed by atoms with van der Waals surface area (Å²) in [5.74, 6) is -0.551. The van der Waals surface area contributed by atoms with Crippen LogP contribution >= 0.6 is 11.6 Å². The van der Waals surface area contributed by atoms with E-state index in [0.29, 0.717) is 16.9 Å². The first-order valence-electron chi connectivity index (χ1n) is 5.62. The van der Waals surface area contributed by atoms with Crippen LogP contribution in [0.1, 0.15) is 5.56 Å². The lowest BCUT2D eigenvalue weighted by atomic mass is 10.2. The number of hydrogen-bond acceptors (Lipinski definition) is 2. The van der Waals surface area contributed by atoms with Gasteiger partial charge < -0.3 is 10.6 Å². The number of anilines is 2. The predicted octanol–water partition coefficient (Wildman–Crippen LogP) is 3.99. The molecule has 20 heavy (non-hydrogen) atoms. The largest absolute Gasteiger partial charge is 0.323 e. The maximum Gasteiger partial charge on any atom is 0.323 e. The molecule has 2 amide bonds. The standard InChI is InChI=1S/C14H9ClFN3O/c15-12-7-11(5-6-13(12)16)19-14(20)18-10-3-1-9(8-17)2-4-10/h1-7H,(H2,18,19,20). The average Bonchev–Trinajstić information content (AvgIpc) is 2.44. The molecule has 6 heteroatoms. The van der Waals surface area contributed by atoms with E-state index < -0.39 is 11.8 Å². The lowest BCUT2D eigenvalue weighted by Gasteiger charge is -2.08. The highest BCUT2D eigenvalue weighted by atomic mass is 35.5. The fraction of sp³-hybridized carbons (Fsp3) is 0. The molecule has 0 atom stereocenters. The van der Waals surface area contributed by atoms with E-state index in [9.17, 15) is 9.18 Å². The molecule has 2 rings (SSSR count). The van der Waals surface area contributed by atoms with Crippen molar-refractivity contribution in [3.05, 3.63) is 58.9 Å². The average molecular weight is 290 g/mol. The van der Waals surface area contributed by atoms with E-state index in [1.54, 1.807) is 24.3 Å². The topological polar surface area (TPSA) is 64.9 Å². The molecule has 0 spiro atoms. The van der Waals surface area contributed by atoms with Crippen molar-refractivity contribution >= 4 is 29.0 Å². The first-order valence-corrected chi connectivity index (χ1v) is 5.99. The van der Waals surface area contributed by atoms with E-state index in [1.807, 2.05) is 6.07 Å². The van der Waals surface area contributed by atoms with Crippen LogP contribution in [0.4, 0.5) is 20.6 Å². The lowest BCUT2D eigenvalue weighted by molar-refractivity contribution is 0.262. The minimum absolute atomic E-state index is 0.0684. The maximum absolute atomic E-state index is 13.0. The molecule has 0 aromatic heterocycles. The second-order valence-electron chi connectivity index (χ2n) is 3.90. The Balaban J connectivity index is 2.01. The number of rotatable bonds is 2. The normalized spacial score (nSPS) is 9.65. The summed E-state index contributed by atoms with van der Waals surface area (Å²) in [5, 5.41) is 13.7. The van der Waals surface area contributed by atoms with Crippen molar-refractivity contribution < 1.29 is 9.18 Å². The van der Waals surface area contributed by atoms with Gasteiger partial charge in [0.2, 0.25) is 0 Å². The Morgan fingerprint density at radius 1 is 1.10 bits per heavy atom. The number of halogens is 2. The van der Waals surface area contributed by atoms with Gasteiger partial charge in [-0.1, -0.05) is 11.6 Å². The molecule has 0 saturated heterocycles. The summed E-state index contributed by atoms with van der Waals surface area (Å²) in [4.78, 5) is 11.7. The van der Waals surface area contributed by atoms with E-state index >= 15 is 0 Å². The molecule has 0 unspecified atom stereocenters. The fourth-order valence-electron chi connectivity index (χ4n) is 1.50. The SMILES string of the molecule is N#Cc1ccc(NC(=O)Nc2ccc(F)c(Cl)c2)cc1. The third-order valence-electron chi connectivity index (χ3n) is 2.45. The van der Waals surface area contributed by atoms with Crippen molar-refractivity contribution in [3.63, 3.8) is 0 Å². The van der Waals surface area contributed by atoms with Crippen LogP contribution < -0.4 is 10.6 Å². The van der Waals surface area contributed by atoms with Gasteiger partial charge in [-0.05, 0) is 42.5 Å². The van der Waals surface area contributed by atoms with Crippen LogP contribution in [-0.2, 0) is 0 Å². The second kappa shape index (κ2) is 6.04. The first kappa shape index (κ1) is 13.8. The van der Waals surface area contributed by atoms with E-state index in [-0.39, 0.29) is 5.02 Å². The molecule has 2 N–H and O–H groups in total. The molecule has 4 nitrogen and oxygen atoms in total. The van der Waals surface area contributed by atoms with Crippen LogP contribution in [0.3, 0.4) is 0 Å². The summed E-state index contributed by atoms with van der Waals surface area (Å²) in [6.45, 7) is 0. The Hall–Kier alpha value is -2.58. The van der Waals surface area contributed by atoms with Gasteiger partial charge in [0, 0.05) is 11.4 Å². The second-order valence-corrected chi connectivity index (χ2v) is 4.30. The number of carbonyl (C=O) groups excluding carboxylic acids is 1. The first-order chi connectivity index (χ1) is 9.58. The predicted molar refractivity (Wildman–Crippen MR) is 75.2 cm³/mol. The summed E-state index contributed by atoms with van der Waals surface area (Å²) in [6, 6.07) is 11.8. The molecule has 0 saturated carbocycles. The Labute approximate surface area is 119 Å². The van der Waals surface area contributed by atoms with Gasteiger partial charge in [-0.3, -0.25) is 0 Å². The molecule has 2 aromatic carbocycles. The zero-order valence-electron chi connectivity index (χ0n) is 10.2. The number of nitrogens with one attached hydrogen (secondary N) is 2. The molecule has 0 fully saturated rings. The van der Waals surface area contributed by atoms with Crippen LogP contribution in [0.15, 0.2) is 42.5 Å². The molecule has 0 aliphatic rings. The number of carbonyl (C=O) groups is 1. The van der Waals surface area contributed by atoms with Crippen molar-refractivity contribution in [2.45, 2.75) is 0 Å². The van der Waals surface area contributed by atoms with Gasteiger partial charge >= 0.3 is 6.03 Å². The van der Waals surface area contributed by atoms with Crippen molar-refractivity contribution in [3.8, 4) is 6.07 Å². The minimum Gasteiger partial charge on any atom is -0.308 e. The van der Waals surface area contributed by atoms with E-state index in [4.69, 9.17) is 16.9 Å². The van der Waals surface area contributed by atoms with E-state index in [1.165, 1.54) is 18.2 Å². The van der Waals surface area contributed by atoms with Gasteiger partial charge in [0.15, 0.2) is 0 Å². The van der Waals surface area contributed by atoms with Crippen LogP contribution in [0.5, 0.6) is 0 Å². The third-order valence-corrected chi connectivity index (χ3v) is 2.74. The van der Waals surface area contributed by atoms with Crippen LogP contribution in [0.25, 0.3) is 0 Å². The molecular weight excluding hydrogens is 281 g/mol. The highest BCUT2D eigenvalue weighted by molar-refractivity contribution is 6.31. The van der Waals surface area contributed by atoms with E-state index in [0.717, 1.165) is 0 Å². The molecule has 0 aliphatic carbocycles. The van der Waals surface area contributed by atoms with Crippen molar-refractivity contribution in [1.82, 2.24) is 0 Å². The Kier molecular flexibility index (Phi) is 4.18. The number of benzene rings is 2. The highest BCUT2D eigenvalue weighted by Crippen LogP contribution is 2.19.